The molecule has 1 aromatic heterocycles. The summed E-state index contributed by atoms with van der Waals surface area (Å²) in [5.74, 6) is 1.93. The van der Waals surface area contributed by atoms with Crippen molar-refractivity contribution in [2.24, 2.45) is 0 Å². The highest BCUT2D eigenvalue weighted by molar-refractivity contribution is 7.22. The average molecular weight is 172 g/mol. The summed E-state index contributed by atoms with van der Waals surface area (Å²) in [6.07, 6.45) is 1.67. The molecule has 1 aliphatic heterocycles. The van der Waals surface area contributed by atoms with Crippen LogP contribution in [0.25, 0.3) is 0 Å². The lowest BCUT2D eigenvalue weighted by molar-refractivity contribution is 0.534. The molecule has 0 aliphatic carbocycles. The van der Waals surface area contributed by atoms with Crippen LogP contribution >= 0.6 is 8.43 Å². The van der Waals surface area contributed by atoms with Crippen LogP contribution < -0.4 is 10.6 Å². The van der Waals surface area contributed by atoms with Gasteiger partial charge in [0.15, 0.2) is 0 Å². The van der Waals surface area contributed by atoms with Crippen molar-refractivity contribution in [3.05, 3.63) is 18.1 Å². The number of hydrogen-bond donors (Lipinski definition) is 2. The zero-order valence-corrected chi connectivity index (χ0v) is 7.31. The van der Waals surface area contributed by atoms with Crippen molar-refractivity contribution in [3.63, 3.8) is 0 Å². The Kier molecular flexibility index (Phi) is 5.03. The standard InChI is InChI=1S/C4H10N2.C3H3OP/c1-2-6-4-3-5-1;1-2-4-5-3-1/h5-6H,1-4H2;1-3H. The first-order chi connectivity index (χ1) is 5.50. The van der Waals surface area contributed by atoms with Gasteiger partial charge in [0.1, 0.15) is 8.43 Å². The molecule has 0 atom stereocenters. The van der Waals surface area contributed by atoms with Crippen molar-refractivity contribution in [2.75, 3.05) is 26.2 Å². The molecule has 1 aliphatic rings. The molecule has 0 bridgehead atoms. The summed E-state index contributed by atoms with van der Waals surface area (Å²) < 4.78 is 4.68. The summed E-state index contributed by atoms with van der Waals surface area (Å²) in [7, 11) is 0.955. The molecule has 2 N–H and O–H groups in total. The Morgan fingerprint density at radius 2 is 1.73 bits per heavy atom. The van der Waals surface area contributed by atoms with Gasteiger partial charge in [-0.25, -0.2) is 0 Å². The van der Waals surface area contributed by atoms with Crippen LogP contribution in [0.3, 0.4) is 0 Å². The monoisotopic (exact) mass is 172 g/mol. The second-order valence-corrected chi connectivity index (χ2v) is 2.91. The van der Waals surface area contributed by atoms with Crippen LogP contribution in [0.15, 0.2) is 22.3 Å². The fourth-order valence-corrected chi connectivity index (χ4v) is 1.13. The molecule has 1 aromatic rings. The van der Waals surface area contributed by atoms with E-state index in [-0.39, 0.29) is 0 Å². The summed E-state index contributed by atoms with van der Waals surface area (Å²) in [5, 5.41) is 6.44. The quantitative estimate of drug-likeness (QED) is 0.614. The van der Waals surface area contributed by atoms with E-state index in [0.717, 1.165) is 34.6 Å². The van der Waals surface area contributed by atoms with Gasteiger partial charge in [-0.3, -0.25) is 0 Å². The molecule has 2 heterocycles. The Balaban J connectivity index is 0.000000112. The number of piperazine rings is 1. The molecular weight excluding hydrogens is 159 g/mol. The minimum Gasteiger partial charge on any atom is -0.447 e. The summed E-state index contributed by atoms with van der Waals surface area (Å²) in [4.78, 5) is 0. The highest BCUT2D eigenvalue weighted by atomic mass is 31.1. The molecule has 1 saturated heterocycles. The molecule has 0 radical (unpaired) electrons. The lowest BCUT2D eigenvalue weighted by Gasteiger charge is -2.11. The van der Waals surface area contributed by atoms with Crippen LogP contribution in [-0.2, 0) is 0 Å². The molecule has 2 rings (SSSR count). The maximum absolute atomic E-state index is 4.68. The summed E-state index contributed by atoms with van der Waals surface area (Å²) in [6.45, 7) is 4.56. The Bertz CT molecular complexity index is 123. The van der Waals surface area contributed by atoms with E-state index < -0.39 is 0 Å². The first kappa shape index (κ1) is 8.72. The van der Waals surface area contributed by atoms with Gasteiger partial charge in [-0.05, 0) is 6.07 Å². The van der Waals surface area contributed by atoms with E-state index in [1.165, 1.54) is 0 Å². The predicted octanol–water partition coefficient (Wildman–Crippen LogP) is 1.04. The third-order valence-electron chi connectivity index (χ3n) is 1.30. The minimum atomic E-state index is 0.955. The fourth-order valence-electron chi connectivity index (χ4n) is 0.779. The lowest BCUT2D eigenvalue weighted by Crippen LogP contribution is -2.39. The van der Waals surface area contributed by atoms with Crippen LogP contribution in [0.5, 0.6) is 0 Å². The molecular formula is C7H13N2OP. The second-order valence-electron chi connectivity index (χ2n) is 2.19. The number of hydrogen-bond acceptors (Lipinski definition) is 3. The smallest absolute Gasteiger partial charge is 0.124 e. The largest absolute Gasteiger partial charge is 0.447 e. The first-order valence-corrected chi connectivity index (χ1v) is 4.64. The van der Waals surface area contributed by atoms with Crippen LogP contribution in [-0.4, -0.2) is 26.2 Å². The van der Waals surface area contributed by atoms with Gasteiger partial charge in [0.05, 0.1) is 6.26 Å². The van der Waals surface area contributed by atoms with Crippen molar-refractivity contribution in [2.45, 2.75) is 0 Å². The molecule has 1 fully saturated rings. The number of nitrogens with one attached hydrogen (secondary N) is 2. The minimum absolute atomic E-state index is 0.955. The van der Waals surface area contributed by atoms with E-state index in [9.17, 15) is 0 Å². The molecule has 0 aromatic carbocycles. The number of rotatable bonds is 0. The van der Waals surface area contributed by atoms with Crippen molar-refractivity contribution >= 4 is 8.43 Å². The SMILES string of the molecule is C1CNCCN1.c1copc1. The van der Waals surface area contributed by atoms with Gasteiger partial charge in [0, 0.05) is 32.0 Å². The van der Waals surface area contributed by atoms with Gasteiger partial charge in [-0.1, -0.05) is 0 Å². The lowest BCUT2D eigenvalue weighted by atomic mass is 10.4. The summed E-state index contributed by atoms with van der Waals surface area (Å²) in [5.41, 5.74) is 0. The van der Waals surface area contributed by atoms with Crippen LogP contribution in [0, 0.1) is 0 Å². The third kappa shape index (κ3) is 4.96. The van der Waals surface area contributed by atoms with E-state index in [1.807, 2.05) is 11.9 Å². The maximum atomic E-state index is 4.68. The Morgan fingerprint density at radius 3 is 1.91 bits per heavy atom. The Labute approximate surface area is 68.4 Å². The van der Waals surface area contributed by atoms with Crippen LogP contribution in [0.1, 0.15) is 0 Å². The topological polar surface area (TPSA) is 37.2 Å². The fraction of sp³-hybridized carbons (Fsp3) is 0.571. The predicted molar refractivity (Wildman–Crippen MR) is 47.0 cm³/mol. The average Bonchev–Trinajstić information content (AvgIpc) is 2.64. The van der Waals surface area contributed by atoms with E-state index in [4.69, 9.17) is 0 Å². The Hall–Kier alpha value is -0.370. The molecule has 0 amide bonds. The van der Waals surface area contributed by atoms with E-state index >= 15 is 0 Å². The highest BCUT2D eigenvalue weighted by Gasteiger charge is 1.91. The van der Waals surface area contributed by atoms with Crippen molar-refractivity contribution < 1.29 is 4.20 Å². The molecule has 3 nitrogen and oxygen atoms in total. The molecule has 0 unspecified atom stereocenters. The van der Waals surface area contributed by atoms with Gasteiger partial charge in [0.25, 0.3) is 0 Å². The van der Waals surface area contributed by atoms with Crippen molar-refractivity contribution in [3.8, 4) is 0 Å². The Morgan fingerprint density at radius 1 is 1.09 bits per heavy atom. The highest BCUT2D eigenvalue weighted by Crippen LogP contribution is 1.99. The van der Waals surface area contributed by atoms with Gasteiger partial charge in [-0.15, -0.1) is 0 Å². The second kappa shape index (κ2) is 6.35. The summed E-state index contributed by atoms with van der Waals surface area (Å²) >= 11 is 0. The molecule has 11 heavy (non-hydrogen) atoms. The van der Waals surface area contributed by atoms with E-state index in [1.54, 1.807) is 6.26 Å². The normalized spacial score (nSPS) is 17.5. The maximum Gasteiger partial charge on any atom is 0.124 e. The molecule has 0 saturated carbocycles. The first-order valence-electron chi connectivity index (χ1n) is 3.76. The van der Waals surface area contributed by atoms with Crippen LogP contribution in [0.4, 0.5) is 0 Å². The van der Waals surface area contributed by atoms with E-state index in [2.05, 4.69) is 14.8 Å². The zero-order valence-electron chi connectivity index (χ0n) is 6.42. The molecule has 62 valence electrons. The van der Waals surface area contributed by atoms with E-state index in [0.29, 0.717) is 0 Å². The van der Waals surface area contributed by atoms with Crippen molar-refractivity contribution in [1.82, 2.24) is 10.6 Å². The third-order valence-corrected chi connectivity index (χ3v) is 1.84. The zero-order chi connectivity index (χ0) is 7.78. The van der Waals surface area contributed by atoms with Crippen LogP contribution in [0.2, 0.25) is 0 Å². The van der Waals surface area contributed by atoms with Gasteiger partial charge >= 0.3 is 0 Å². The molecule has 0 spiro atoms. The molecule has 4 heteroatoms. The van der Waals surface area contributed by atoms with Crippen molar-refractivity contribution in [1.29, 1.82) is 0 Å². The summed E-state index contributed by atoms with van der Waals surface area (Å²) in [6, 6.07) is 1.88. The van der Waals surface area contributed by atoms with Gasteiger partial charge in [-0.2, -0.15) is 0 Å². The van der Waals surface area contributed by atoms with Gasteiger partial charge < -0.3 is 14.8 Å². The van der Waals surface area contributed by atoms with Gasteiger partial charge in [0.2, 0.25) is 0 Å².